The second-order valence-electron chi connectivity index (χ2n) is 6.56. The van der Waals surface area contributed by atoms with E-state index in [0.717, 1.165) is 0 Å². The van der Waals surface area contributed by atoms with Crippen molar-refractivity contribution in [1.29, 1.82) is 0 Å². The van der Waals surface area contributed by atoms with Crippen LogP contribution in [0.25, 0.3) is 5.82 Å². The molecule has 1 saturated heterocycles. The molecule has 0 unspecified atom stereocenters. The fourth-order valence-electron chi connectivity index (χ4n) is 3.37. The fourth-order valence-corrected chi connectivity index (χ4v) is 3.37. The average molecular weight is 352 g/mol. The van der Waals surface area contributed by atoms with Gasteiger partial charge in [0.15, 0.2) is 0 Å². The van der Waals surface area contributed by atoms with Gasteiger partial charge in [0.1, 0.15) is 12.1 Å². The summed E-state index contributed by atoms with van der Waals surface area (Å²) in [6, 6.07) is 3.79. The van der Waals surface area contributed by atoms with E-state index >= 15 is 0 Å². The second kappa shape index (κ2) is 6.68. The number of rotatable bonds is 4. The van der Waals surface area contributed by atoms with E-state index in [4.69, 9.17) is 0 Å². The van der Waals surface area contributed by atoms with Gasteiger partial charge in [0, 0.05) is 43.4 Å². The van der Waals surface area contributed by atoms with Crippen LogP contribution in [-0.2, 0) is 0 Å². The van der Waals surface area contributed by atoms with Crippen molar-refractivity contribution in [3.63, 3.8) is 0 Å². The summed E-state index contributed by atoms with van der Waals surface area (Å²) >= 11 is 0. The SMILES string of the molecule is CN(C)[C@@H]1CN(C(=O)c2ccnc(-n3ccnc3)c2)C[C@@H]1n1ccnn1. The zero-order valence-corrected chi connectivity index (χ0v) is 14.7. The predicted octanol–water partition coefficient (Wildman–Crippen LogP) is 0.486. The molecule has 134 valence electrons. The number of hydrogen-bond acceptors (Lipinski definition) is 6. The van der Waals surface area contributed by atoms with Gasteiger partial charge in [0.2, 0.25) is 0 Å². The molecule has 2 atom stereocenters. The first-order valence-electron chi connectivity index (χ1n) is 8.39. The quantitative estimate of drug-likeness (QED) is 0.679. The molecule has 0 radical (unpaired) electrons. The molecule has 3 aromatic rings. The Bertz CT molecular complexity index is 874. The zero-order valence-electron chi connectivity index (χ0n) is 14.7. The van der Waals surface area contributed by atoms with Gasteiger partial charge in [-0.15, -0.1) is 5.10 Å². The lowest BCUT2D eigenvalue weighted by molar-refractivity contribution is 0.0781. The van der Waals surface area contributed by atoms with Crippen molar-refractivity contribution >= 4 is 5.91 Å². The standard InChI is InChI=1S/C17H20N8O/c1-22(2)14-10-24(11-15(14)25-8-6-20-21-25)17(26)13-3-4-19-16(9-13)23-7-5-18-12-23/h3-9,12,14-15H,10-11H2,1-2H3/t14-,15+/m1/s1. The molecule has 1 aliphatic heterocycles. The van der Waals surface area contributed by atoms with E-state index in [-0.39, 0.29) is 18.0 Å². The number of amides is 1. The summed E-state index contributed by atoms with van der Waals surface area (Å²) in [5.74, 6) is 0.660. The minimum atomic E-state index is -0.0109. The van der Waals surface area contributed by atoms with Gasteiger partial charge < -0.3 is 9.80 Å². The molecule has 1 amide bonds. The number of aromatic nitrogens is 6. The minimum absolute atomic E-state index is 0.0109. The van der Waals surface area contributed by atoms with Crippen LogP contribution in [-0.4, -0.2) is 78.5 Å². The Morgan fingerprint density at radius 1 is 1.19 bits per heavy atom. The van der Waals surface area contributed by atoms with Gasteiger partial charge in [-0.2, -0.15) is 0 Å². The Hall–Kier alpha value is -3.07. The Morgan fingerprint density at radius 2 is 2.08 bits per heavy atom. The molecule has 0 bridgehead atoms. The molecule has 0 aromatic carbocycles. The highest BCUT2D eigenvalue weighted by atomic mass is 16.2. The van der Waals surface area contributed by atoms with Crippen LogP contribution < -0.4 is 0 Å². The summed E-state index contributed by atoms with van der Waals surface area (Å²) in [5.41, 5.74) is 0.612. The Morgan fingerprint density at radius 3 is 2.77 bits per heavy atom. The van der Waals surface area contributed by atoms with Crippen LogP contribution in [0.15, 0.2) is 49.4 Å². The first-order chi connectivity index (χ1) is 12.6. The number of likely N-dealkylation sites (N-methyl/N-ethyl adjacent to an activating group) is 1. The molecule has 0 spiro atoms. The van der Waals surface area contributed by atoms with Crippen LogP contribution in [0, 0.1) is 0 Å². The van der Waals surface area contributed by atoms with Crippen molar-refractivity contribution < 1.29 is 4.79 Å². The highest BCUT2D eigenvalue weighted by molar-refractivity contribution is 5.94. The van der Waals surface area contributed by atoms with Gasteiger partial charge in [-0.25, -0.2) is 14.6 Å². The molecular weight excluding hydrogens is 332 g/mol. The molecule has 0 aliphatic carbocycles. The lowest BCUT2D eigenvalue weighted by Crippen LogP contribution is -2.37. The molecule has 4 heterocycles. The maximum absolute atomic E-state index is 13.1. The highest BCUT2D eigenvalue weighted by Crippen LogP contribution is 2.26. The lowest BCUT2D eigenvalue weighted by Gasteiger charge is -2.24. The van der Waals surface area contributed by atoms with Crippen molar-refractivity contribution in [2.24, 2.45) is 0 Å². The third kappa shape index (κ3) is 2.97. The Labute approximate surface area is 150 Å². The topological polar surface area (TPSA) is 85.0 Å². The molecule has 4 rings (SSSR count). The van der Waals surface area contributed by atoms with Crippen molar-refractivity contribution in [2.75, 3.05) is 27.2 Å². The van der Waals surface area contributed by atoms with E-state index in [9.17, 15) is 4.79 Å². The van der Waals surface area contributed by atoms with Crippen LogP contribution in [0.4, 0.5) is 0 Å². The number of likely N-dealkylation sites (tertiary alicyclic amines) is 1. The molecular formula is C17H20N8O. The summed E-state index contributed by atoms with van der Waals surface area (Å²) in [4.78, 5) is 25.4. The van der Waals surface area contributed by atoms with E-state index in [1.165, 1.54) is 0 Å². The molecule has 9 nitrogen and oxygen atoms in total. The first kappa shape index (κ1) is 16.4. The van der Waals surface area contributed by atoms with Crippen LogP contribution in [0.2, 0.25) is 0 Å². The smallest absolute Gasteiger partial charge is 0.254 e. The van der Waals surface area contributed by atoms with Gasteiger partial charge in [-0.3, -0.25) is 9.36 Å². The van der Waals surface area contributed by atoms with Crippen molar-refractivity contribution in [3.8, 4) is 5.82 Å². The summed E-state index contributed by atoms with van der Waals surface area (Å²) in [6.45, 7) is 1.23. The van der Waals surface area contributed by atoms with E-state index in [1.54, 1.807) is 47.8 Å². The van der Waals surface area contributed by atoms with Crippen LogP contribution in [0.5, 0.6) is 0 Å². The highest BCUT2D eigenvalue weighted by Gasteiger charge is 2.38. The average Bonchev–Trinajstić information content (AvgIpc) is 3.42. The molecule has 0 N–H and O–H groups in total. The number of nitrogens with zero attached hydrogens (tertiary/aromatic N) is 8. The minimum Gasteiger partial charge on any atom is -0.335 e. The van der Waals surface area contributed by atoms with Gasteiger partial charge in [0.25, 0.3) is 5.91 Å². The lowest BCUT2D eigenvalue weighted by atomic mass is 10.1. The molecule has 9 heteroatoms. The van der Waals surface area contributed by atoms with Gasteiger partial charge in [-0.1, -0.05) is 5.21 Å². The van der Waals surface area contributed by atoms with Crippen molar-refractivity contribution in [1.82, 2.24) is 39.3 Å². The summed E-state index contributed by atoms with van der Waals surface area (Å²) in [6.07, 6.45) is 10.3. The van der Waals surface area contributed by atoms with E-state index in [1.807, 2.05) is 29.9 Å². The number of carbonyl (C=O) groups excluding carboxylic acids is 1. The van der Waals surface area contributed by atoms with E-state index in [2.05, 4.69) is 25.2 Å². The monoisotopic (exact) mass is 352 g/mol. The van der Waals surface area contributed by atoms with Crippen LogP contribution >= 0.6 is 0 Å². The normalized spacial score (nSPS) is 20.0. The Balaban J connectivity index is 1.58. The largest absolute Gasteiger partial charge is 0.335 e. The summed E-state index contributed by atoms with van der Waals surface area (Å²) in [7, 11) is 4.04. The van der Waals surface area contributed by atoms with Crippen LogP contribution in [0.1, 0.15) is 16.4 Å². The predicted molar refractivity (Wildman–Crippen MR) is 93.8 cm³/mol. The van der Waals surface area contributed by atoms with Crippen molar-refractivity contribution in [2.45, 2.75) is 12.1 Å². The molecule has 1 fully saturated rings. The van der Waals surface area contributed by atoms with Gasteiger partial charge >= 0.3 is 0 Å². The van der Waals surface area contributed by atoms with E-state index in [0.29, 0.717) is 24.5 Å². The molecule has 26 heavy (non-hydrogen) atoms. The summed E-state index contributed by atoms with van der Waals surface area (Å²) < 4.78 is 3.61. The summed E-state index contributed by atoms with van der Waals surface area (Å²) in [5, 5.41) is 8.03. The zero-order chi connectivity index (χ0) is 18.1. The number of pyridine rings is 1. The molecule has 1 aliphatic rings. The maximum Gasteiger partial charge on any atom is 0.254 e. The molecule has 0 saturated carbocycles. The van der Waals surface area contributed by atoms with E-state index < -0.39 is 0 Å². The second-order valence-corrected chi connectivity index (χ2v) is 6.56. The first-order valence-corrected chi connectivity index (χ1v) is 8.39. The Kier molecular flexibility index (Phi) is 4.21. The van der Waals surface area contributed by atoms with Crippen LogP contribution in [0.3, 0.4) is 0 Å². The maximum atomic E-state index is 13.1. The number of carbonyl (C=O) groups is 1. The fraction of sp³-hybridized carbons (Fsp3) is 0.353. The third-order valence-corrected chi connectivity index (χ3v) is 4.75. The number of hydrogen-bond donors (Lipinski definition) is 0. The van der Waals surface area contributed by atoms with Gasteiger partial charge in [-0.05, 0) is 26.2 Å². The van der Waals surface area contributed by atoms with Gasteiger partial charge in [0.05, 0.1) is 18.3 Å². The number of imidazole rings is 1. The third-order valence-electron chi connectivity index (χ3n) is 4.75. The molecule has 3 aromatic heterocycles. The van der Waals surface area contributed by atoms with Crippen molar-refractivity contribution in [3.05, 3.63) is 55.0 Å².